The summed E-state index contributed by atoms with van der Waals surface area (Å²) in [6, 6.07) is 5.37. The summed E-state index contributed by atoms with van der Waals surface area (Å²) in [5.41, 5.74) is 0.0523. The quantitative estimate of drug-likeness (QED) is 0.786. The summed E-state index contributed by atoms with van der Waals surface area (Å²) in [7, 11) is 0. The van der Waals surface area contributed by atoms with Crippen LogP contribution in [0.4, 0.5) is 13.2 Å². The molecular formula is C17H25F3N2O. The molecule has 0 aliphatic carbocycles. The van der Waals surface area contributed by atoms with Crippen molar-refractivity contribution >= 4 is 0 Å². The third-order valence-electron chi connectivity index (χ3n) is 4.37. The lowest BCUT2D eigenvalue weighted by Crippen LogP contribution is -2.37. The van der Waals surface area contributed by atoms with Crippen molar-refractivity contribution in [1.29, 1.82) is 0 Å². The van der Waals surface area contributed by atoms with Gasteiger partial charge in [-0.15, -0.1) is 0 Å². The molecule has 1 aromatic rings. The van der Waals surface area contributed by atoms with Crippen molar-refractivity contribution in [1.82, 2.24) is 10.2 Å². The van der Waals surface area contributed by atoms with Crippen molar-refractivity contribution in [3.05, 3.63) is 35.4 Å². The van der Waals surface area contributed by atoms with E-state index in [4.69, 9.17) is 0 Å². The number of nitrogens with zero attached hydrogens (tertiary/aromatic N) is 1. The number of aliphatic hydroxyl groups is 1. The number of likely N-dealkylation sites (tertiary alicyclic amines) is 1. The number of hydrogen-bond acceptors (Lipinski definition) is 3. The summed E-state index contributed by atoms with van der Waals surface area (Å²) >= 11 is 0. The number of piperidine rings is 1. The Labute approximate surface area is 135 Å². The van der Waals surface area contributed by atoms with Crippen molar-refractivity contribution < 1.29 is 18.3 Å². The molecule has 3 nitrogen and oxygen atoms in total. The van der Waals surface area contributed by atoms with Gasteiger partial charge in [0.25, 0.3) is 0 Å². The zero-order valence-electron chi connectivity index (χ0n) is 13.4. The molecule has 0 amide bonds. The maximum Gasteiger partial charge on any atom is 0.416 e. The number of nitrogens with one attached hydrogen (secondary N) is 1. The molecule has 6 heteroatoms. The smallest absolute Gasteiger partial charge is 0.393 e. The Hall–Kier alpha value is -1.11. The lowest BCUT2D eigenvalue weighted by Gasteiger charge is -2.29. The average Bonchev–Trinajstić information content (AvgIpc) is 2.52. The predicted molar refractivity (Wildman–Crippen MR) is 84.2 cm³/mol. The van der Waals surface area contributed by atoms with Gasteiger partial charge in [0, 0.05) is 19.1 Å². The van der Waals surface area contributed by atoms with E-state index < -0.39 is 11.7 Å². The van der Waals surface area contributed by atoms with Gasteiger partial charge in [-0.05, 0) is 57.0 Å². The zero-order chi connectivity index (χ0) is 16.9. The van der Waals surface area contributed by atoms with Crippen LogP contribution in [0, 0.1) is 0 Å². The third-order valence-corrected chi connectivity index (χ3v) is 4.37. The van der Waals surface area contributed by atoms with Crippen LogP contribution in [0.3, 0.4) is 0 Å². The first-order chi connectivity index (χ1) is 10.9. The average molecular weight is 330 g/mol. The highest BCUT2D eigenvalue weighted by atomic mass is 19.4. The Morgan fingerprint density at radius 3 is 2.65 bits per heavy atom. The van der Waals surface area contributed by atoms with Crippen LogP contribution in [0.15, 0.2) is 24.3 Å². The maximum absolute atomic E-state index is 12.7. The largest absolute Gasteiger partial charge is 0.416 e. The number of aliphatic hydroxyl groups excluding tert-OH is 1. The van der Waals surface area contributed by atoms with E-state index in [1.54, 1.807) is 6.07 Å². The highest BCUT2D eigenvalue weighted by Gasteiger charge is 2.30. The van der Waals surface area contributed by atoms with Crippen LogP contribution >= 0.6 is 0 Å². The van der Waals surface area contributed by atoms with Crippen LogP contribution in [-0.4, -0.2) is 42.3 Å². The molecule has 2 N–H and O–H groups in total. The second-order valence-electron chi connectivity index (χ2n) is 6.23. The molecule has 23 heavy (non-hydrogen) atoms. The molecule has 1 aliphatic rings. The lowest BCUT2D eigenvalue weighted by atomic mass is 10.0. The molecule has 0 spiro atoms. The molecular weight excluding hydrogens is 305 g/mol. The Morgan fingerprint density at radius 1 is 1.30 bits per heavy atom. The van der Waals surface area contributed by atoms with Crippen molar-refractivity contribution in [2.75, 3.05) is 26.2 Å². The van der Waals surface area contributed by atoms with Crippen molar-refractivity contribution in [3.8, 4) is 0 Å². The molecule has 1 atom stereocenters. The monoisotopic (exact) mass is 330 g/mol. The second kappa shape index (κ2) is 8.13. The van der Waals surface area contributed by atoms with Crippen molar-refractivity contribution in [2.45, 2.75) is 44.5 Å². The van der Waals surface area contributed by atoms with Crippen LogP contribution in [0.25, 0.3) is 0 Å². The minimum Gasteiger partial charge on any atom is -0.393 e. The fourth-order valence-electron chi connectivity index (χ4n) is 2.87. The van der Waals surface area contributed by atoms with Crippen molar-refractivity contribution in [2.24, 2.45) is 0 Å². The fourth-order valence-corrected chi connectivity index (χ4v) is 2.87. The first-order valence-corrected chi connectivity index (χ1v) is 8.17. The van der Waals surface area contributed by atoms with Crippen LogP contribution in [0.5, 0.6) is 0 Å². The molecule has 1 heterocycles. The molecule has 0 bridgehead atoms. The molecule has 1 fully saturated rings. The SMILES string of the molecule is CC(NCCCN1CCC(O)CC1)c1cccc(C(F)(F)F)c1. The van der Waals surface area contributed by atoms with Crippen molar-refractivity contribution in [3.63, 3.8) is 0 Å². The summed E-state index contributed by atoms with van der Waals surface area (Å²) in [4.78, 5) is 2.32. The summed E-state index contributed by atoms with van der Waals surface area (Å²) in [5.74, 6) is 0. The molecule has 0 aromatic heterocycles. The van der Waals surface area contributed by atoms with Gasteiger partial charge in [-0.1, -0.05) is 12.1 Å². The second-order valence-corrected chi connectivity index (χ2v) is 6.23. The maximum atomic E-state index is 12.7. The standard InChI is InChI=1S/C17H25F3N2O/c1-13(14-4-2-5-15(12-14)17(18,19)20)21-8-3-9-22-10-6-16(23)7-11-22/h2,4-5,12-13,16,21,23H,3,6-11H2,1H3. The van der Waals surface area contributed by atoms with Gasteiger partial charge in [-0.2, -0.15) is 13.2 Å². The van der Waals surface area contributed by atoms with Gasteiger partial charge < -0.3 is 15.3 Å². The van der Waals surface area contributed by atoms with E-state index in [0.717, 1.165) is 51.5 Å². The van der Waals surface area contributed by atoms with E-state index in [1.807, 2.05) is 6.92 Å². The van der Waals surface area contributed by atoms with Gasteiger partial charge in [0.1, 0.15) is 0 Å². The molecule has 0 radical (unpaired) electrons. The zero-order valence-corrected chi connectivity index (χ0v) is 13.4. The van der Waals surface area contributed by atoms with Crippen LogP contribution in [-0.2, 0) is 6.18 Å². The van der Waals surface area contributed by atoms with Gasteiger partial charge in [0.05, 0.1) is 11.7 Å². The highest BCUT2D eigenvalue weighted by molar-refractivity contribution is 5.27. The molecule has 1 aliphatic heterocycles. The number of hydrogen-bond donors (Lipinski definition) is 2. The van der Waals surface area contributed by atoms with Crippen LogP contribution in [0.1, 0.15) is 43.4 Å². The van der Waals surface area contributed by atoms with Gasteiger partial charge in [0.15, 0.2) is 0 Å². The first kappa shape index (κ1) is 18.2. The van der Waals surface area contributed by atoms with E-state index in [0.29, 0.717) is 5.56 Å². The Bertz CT molecular complexity index is 485. The molecule has 2 rings (SSSR count). The summed E-state index contributed by atoms with van der Waals surface area (Å²) in [5, 5.41) is 12.7. The molecule has 1 unspecified atom stereocenters. The molecule has 130 valence electrons. The summed E-state index contributed by atoms with van der Waals surface area (Å²) in [6.07, 6.45) is -1.86. The highest BCUT2D eigenvalue weighted by Crippen LogP contribution is 2.30. The Morgan fingerprint density at radius 2 is 2.00 bits per heavy atom. The minimum absolute atomic E-state index is 0.111. The number of benzene rings is 1. The van der Waals surface area contributed by atoms with Gasteiger partial charge in [-0.25, -0.2) is 0 Å². The van der Waals surface area contributed by atoms with E-state index in [9.17, 15) is 18.3 Å². The van der Waals surface area contributed by atoms with E-state index >= 15 is 0 Å². The summed E-state index contributed by atoms with van der Waals surface area (Å²) < 4.78 is 38.2. The van der Waals surface area contributed by atoms with Gasteiger partial charge in [0.2, 0.25) is 0 Å². The molecule has 1 aromatic carbocycles. The van der Waals surface area contributed by atoms with E-state index in [1.165, 1.54) is 12.1 Å². The summed E-state index contributed by atoms with van der Waals surface area (Å²) in [6.45, 7) is 5.44. The predicted octanol–water partition coefficient (Wildman–Crippen LogP) is 3.20. The topological polar surface area (TPSA) is 35.5 Å². The number of alkyl halides is 3. The molecule has 1 saturated heterocycles. The first-order valence-electron chi connectivity index (χ1n) is 8.17. The van der Waals surface area contributed by atoms with Gasteiger partial charge in [-0.3, -0.25) is 0 Å². The third kappa shape index (κ3) is 5.79. The van der Waals surface area contributed by atoms with E-state index in [2.05, 4.69) is 10.2 Å². The van der Waals surface area contributed by atoms with E-state index in [-0.39, 0.29) is 12.1 Å². The fraction of sp³-hybridized carbons (Fsp3) is 0.647. The van der Waals surface area contributed by atoms with Gasteiger partial charge >= 0.3 is 6.18 Å². The van der Waals surface area contributed by atoms with Crippen LogP contribution < -0.4 is 5.32 Å². The minimum atomic E-state index is -4.30. The number of rotatable bonds is 6. The number of halogens is 3. The molecule has 0 saturated carbocycles. The lowest BCUT2D eigenvalue weighted by molar-refractivity contribution is -0.137. The Kier molecular flexibility index (Phi) is 6.44. The Balaban J connectivity index is 1.73. The normalized spacial score (nSPS) is 19.0. The van der Waals surface area contributed by atoms with Crippen LogP contribution in [0.2, 0.25) is 0 Å².